The topological polar surface area (TPSA) is 231 Å². The molecule has 0 aromatic heterocycles. The Morgan fingerprint density at radius 2 is 1.31 bits per heavy atom. The first-order valence-corrected chi connectivity index (χ1v) is 15.7. The molecule has 0 bridgehead atoms. The number of esters is 2. The summed E-state index contributed by atoms with van der Waals surface area (Å²) in [6.45, 7) is 3.71. The summed E-state index contributed by atoms with van der Waals surface area (Å²) < 4.78 is 32.7. The van der Waals surface area contributed by atoms with Crippen LogP contribution in [0, 0.1) is 0 Å². The van der Waals surface area contributed by atoms with E-state index in [2.05, 4.69) is 6.58 Å². The molecule has 11 atom stereocenters. The van der Waals surface area contributed by atoms with Crippen LogP contribution in [0.3, 0.4) is 0 Å². The number of carbonyl (C=O) groups excluding carboxylic acids is 2. The SMILES string of the molecule is C=CCCCCCCCC(=O)O[C@H](COC(=O)CCCC)CO[C@@H]1O[C@H](CO[C@H]2O[C@H](CO)[C@H](O)[C@H](O)[C@H]2O)[C@H](O)[C@H](O)[C@H]1O. The Morgan fingerprint density at radius 1 is 0.733 bits per heavy atom. The van der Waals surface area contributed by atoms with Gasteiger partial charge in [-0.05, 0) is 25.7 Å². The summed E-state index contributed by atoms with van der Waals surface area (Å²) in [6.07, 6.45) is -7.80. The zero-order chi connectivity index (χ0) is 33.4. The minimum atomic E-state index is -1.76. The quantitative estimate of drug-likeness (QED) is 0.0457. The van der Waals surface area contributed by atoms with Crippen LogP contribution in [-0.4, -0.2) is 142 Å². The highest BCUT2D eigenvalue weighted by Crippen LogP contribution is 2.26. The van der Waals surface area contributed by atoms with Crippen molar-refractivity contribution in [2.45, 2.75) is 139 Å². The third-order valence-electron chi connectivity index (χ3n) is 7.64. The molecule has 0 aromatic carbocycles. The average molecular weight is 653 g/mol. The highest BCUT2D eigenvalue weighted by molar-refractivity contribution is 5.70. The van der Waals surface area contributed by atoms with Gasteiger partial charge in [0.2, 0.25) is 0 Å². The minimum Gasteiger partial charge on any atom is -0.462 e. The van der Waals surface area contributed by atoms with E-state index in [1.165, 1.54) is 0 Å². The molecule has 2 fully saturated rings. The number of hydrogen-bond donors (Lipinski definition) is 7. The van der Waals surface area contributed by atoms with Gasteiger partial charge in [0.1, 0.15) is 55.4 Å². The summed E-state index contributed by atoms with van der Waals surface area (Å²) in [7, 11) is 0. The first kappa shape index (κ1) is 39.4. The Morgan fingerprint density at radius 3 is 1.96 bits per heavy atom. The van der Waals surface area contributed by atoms with Gasteiger partial charge in [0, 0.05) is 12.8 Å². The number of aliphatic hydroxyl groups is 7. The predicted octanol–water partition coefficient (Wildman–Crippen LogP) is -0.811. The molecular weight excluding hydrogens is 600 g/mol. The summed E-state index contributed by atoms with van der Waals surface area (Å²) in [5, 5.41) is 70.8. The van der Waals surface area contributed by atoms with E-state index in [-0.39, 0.29) is 26.1 Å². The molecule has 2 saturated heterocycles. The van der Waals surface area contributed by atoms with Crippen molar-refractivity contribution in [2.75, 3.05) is 26.4 Å². The molecule has 0 amide bonds. The second-order valence-corrected chi connectivity index (χ2v) is 11.4. The molecule has 15 heteroatoms. The van der Waals surface area contributed by atoms with Gasteiger partial charge in [0.25, 0.3) is 0 Å². The van der Waals surface area contributed by atoms with Crippen molar-refractivity contribution in [1.29, 1.82) is 0 Å². The van der Waals surface area contributed by atoms with Crippen LogP contribution in [0.5, 0.6) is 0 Å². The number of allylic oxidation sites excluding steroid dienone is 1. The lowest BCUT2D eigenvalue weighted by atomic mass is 9.98. The van der Waals surface area contributed by atoms with E-state index in [0.29, 0.717) is 12.8 Å². The summed E-state index contributed by atoms with van der Waals surface area (Å²) in [5.74, 6) is -0.999. The monoisotopic (exact) mass is 652 g/mol. The Bertz CT molecular complexity index is 857. The van der Waals surface area contributed by atoms with Crippen LogP contribution in [0.25, 0.3) is 0 Å². The third kappa shape index (κ3) is 13.1. The molecule has 0 spiro atoms. The highest BCUT2D eigenvalue weighted by atomic mass is 16.7. The van der Waals surface area contributed by atoms with Crippen LogP contribution in [0.1, 0.15) is 71.1 Å². The lowest BCUT2D eigenvalue weighted by Gasteiger charge is -2.42. The van der Waals surface area contributed by atoms with E-state index >= 15 is 0 Å². The van der Waals surface area contributed by atoms with Gasteiger partial charge in [-0.15, -0.1) is 6.58 Å². The molecule has 0 unspecified atom stereocenters. The molecule has 2 aliphatic heterocycles. The molecule has 15 nitrogen and oxygen atoms in total. The zero-order valence-electron chi connectivity index (χ0n) is 25.9. The fraction of sp³-hybridized carbons (Fsp3) is 0.867. The number of hydrogen-bond acceptors (Lipinski definition) is 15. The van der Waals surface area contributed by atoms with Crippen LogP contribution in [0.15, 0.2) is 12.7 Å². The van der Waals surface area contributed by atoms with Crippen molar-refractivity contribution < 1.29 is 73.8 Å². The van der Waals surface area contributed by atoms with Crippen LogP contribution in [0.4, 0.5) is 0 Å². The minimum absolute atomic E-state index is 0.145. The smallest absolute Gasteiger partial charge is 0.306 e. The summed E-state index contributed by atoms with van der Waals surface area (Å²) >= 11 is 0. The number of carbonyl (C=O) groups is 2. The van der Waals surface area contributed by atoms with Crippen molar-refractivity contribution in [3.63, 3.8) is 0 Å². The van der Waals surface area contributed by atoms with Crippen LogP contribution < -0.4 is 0 Å². The first-order chi connectivity index (χ1) is 21.5. The molecule has 0 aromatic rings. The van der Waals surface area contributed by atoms with Gasteiger partial charge in [-0.1, -0.05) is 38.7 Å². The van der Waals surface area contributed by atoms with E-state index in [4.69, 9.17) is 28.4 Å². The van der Waals surface area contributed by atoms with E-state index in [1.807, 2.05) is 13.0 Å². The van der Waals surface area contributed by atoms with Gasteiger partial charge < -0.3 is 64.2 Å². The van der Waals surface area contributed by atoms with E-state index < -0.39 is 92.7 Å². The Hall–Kier alpha value is -1.76. The largest absolute Gasteiger partial charge is 0.462 e. The fourth-order valence-corrected chi connectivity index (χ4v) is 4.82. The number of rotatable bonds is 21. The van der Waals surface area contributed by atoms with Gasteiger partial charge in [-0.3, -0.25) is 9.59 Å². The fourth-order valence-electron chi connectivity index (χ4n) is 4.82. The van der Waals surface area contributed by atoms with Crippen molar-refractivity contribution in [3.05, 3.63) is 12.7 Å². The van der Waals surface area contributed by atoms with Crippen molar-refractivity contribution >= 4 is 11.9 Å². The number of aliphatic hydroxyl groups excluding tert-OH is 7. The molecule has 0 aliphatic carbocycles. The normalized spacial score (nSPS) is 32.5. The van der Waals surface area contributed by atoms with Crippen molar-refractivity contribution in [3.8, 4) is 0 Å². The lowest BCUT2D eigenvalue weighted by molar-refractivity contribution is -0.332. The maximum atomic E-state index is 12.5. The van der Waals surface area contributed by atoms with Crippen LogP contribution in [-0.2, 0) is 38.0 Å². The Labute approximate surface area is 263 Å². The summed E-state index contributed by atoms with van der Waals surface area (Å²) in [4.78, 5) is 24.6. The third-order valence-corrected chi connectivity index (χ3v) is 7.64. The summed E-state index contributed by atoms with van der Waals surface area (Å²) in [6, 6.07) is 0. The summed E-state index contributed by atoms with van der Waals surface area (Å²) in [5.41, 5.74) is 0. The highest BCUT2D eigenvalue weighted by Gasteiger charge is 2.47. The maximum Gasteiger partial charge on any atom is 0.306 e. The van der Waals surface area contributed by atoms with Crippen LogP contribution >= 0.6 is 0 Å². The van der Waals surface area contributed by atoms with E-state index in [9.17, 15) is 45.3 Å². The van der Waals surface area contributed by atoms with Crippen molar-refractivity contribution in [2.24, 2.45) is 0 Å². The molecular formula is C30H52O15. The predicted molar refractivity (Wildman–Crippen MR) is 155 cm³/mol. The van der Waals surface area contributed by atoms with Gasteiger partial charge >= 0.3 is 11.9 Å². The molecule has 45 heavy (non-hydrogen) atoms. The standard InChI is InChI=1S/C30H52O15/c1-3-5-7-8-9-10-11-13-22(33)43-18(15-40-21(32)12-6-4-2)16-41-29-28(39)26(37)24(35)20(45-29)17-42-30-27(38)25(36)23(34)19(14-31)44-30/h3,18-20,23-31,34-39H,1,4-17H2,2H3/t18-,19-,20-,23+,24+,25+,26+,27-,28-,29-,30+/m1/s1. The maximum absolute atomic E-state index is 12.5. The van der Waals surface area contributed by atoms with Gasteiger partial charge in [-0.2, -0.15) is 0 Å². The number of unbranched alkanes of at least 4 members (excludes halogenated alkanes) is 6. The lowest BCUT2D eigenvalue weighted by Crippen LogP contribution is -2.61. The molecule has 0 radical (unpaired) electrons. The van der Waals surface area contributed by atoms with Gasteiger partial charge in [0.05, 0.1) is 19.8 Å². The molecule has 2 heterocycles. The molecule has 7 N–H and O–H groups in total. The second-order valence-electron chi connectivity index (χ2n) is 11.4. The average Bonchev–Trinajstić information content (AvgIpc) is 3.03. The molecule has 2 aliphatic rings. The molecule has 2 rings (SSSR count). The van der Waals surface area contributed by atoms with Gasteiger partial charge in [0.15, 0.2) is 18.7 Å². The first-order valence-electron chi connectivity index (χ1n) is 15.7. The Kier molecular flexibility index (Phi) is 18.6. The van der Waals surface area contributed by atoms with E-state index in [0.717, 1.165) is 38.5 Å². The van der Waals surface area contributed by atoms with E-state index in [1.54, 1.807) is 0 Å². The molecule has 262 valence electrons. The molecule has 0 saturated carbocycles. The van der Waals surface area contributed by atoms with Crippen molar-refractivity contribution in [1.82, 2.24) is 0 Å². The number of ether oxygens (including phenoxy) is 6. The Balaban J connectivity index is 1.95. The second kappa shape index (κ2) is 21.2. The van der Waals surface area contributed by atoms with Gasteiger partial charge in [-0.25, -0.2) is 0 Å². The van der Waals surface area contributed by atoms with Crippen LogP contribution in [0.2, 0.25) is 0 Å². The zero-order valence-corrected chi connectivity index (χ0v) is 25.9.